The molecule has 21 heavy (non-hydrogen) atoms. The lowest BCUT2D eigenvalue weighted by atomic mass is 10.0. The molecule has 0 fully saturated rings. The predicted molar refractivity (Wildman–Crippen MR) is 88.7 cm³/mol. The second kappa shape index (κ2) is 5.52. The minimum atomic E-state index is -0.380. The number of benzene rings is 2. The lowest BCUT2D eigenvalue weighted by Gasteiger charge is -2.13. The molecule has 1 aromatic heterocycles. The number of aryl methyl sites for hydroxylation is 1. The van der Waals surface area contributed by atoms with Gasteiger partial charge in [0.15, 0.2) is 5.58 Å². The largest absolute Gasteiger partial charge is 0.419 e. The van der Waals surface area contributed by atoms with Crippen molar-refractivity contribution in [3.05, 3.63) is 68.1 Å². The lowest BCUT2D eigenvalue weighted by Crippen LogP contribution is -2.08. The maximum atomic E-state index is 11.5. The SMILES string of the molecule is Cn1c(=O)oc2cc(C(Br)c3cccc(Cl)c3Cl)ccc21. The first kappa shape index (κ1) is 14.7. The fraction of sp³-hybridized carbons (Fsp3) is 0.133. The Balaban J connectivity index is 2.11. The van der Waals surface area contributed by atoms with Crippen LogP contribution in [0, 0.1) is 0 Å². The third-order valence-electron chi connectivity index (χ3n) is 3.36. The van der Waals surface area contributed by atoms with Gasteiger partial charge in [0.2, 0.25) is 0 Å². The molecule has 1 unspecified atom stereocenters. The van der Waals surface area contributed by atoms with Gasteiger partial charge in [-0.2, -0.15) is 0 Å². The monoisotopic (exact) mass is 385 g/mol. The van der Waals surface area contributed by atoms with Gasteiger partial charge in [-0.3, -0.25) is 4.57 Å². The molecule has 1 heterocycles. The molecule has 0 aliphatic carbocycles. The molecule has 0 amide bonds. The molecule has 3 rings (SSSR count). The maximum absolute atomic E-state index is 11.5. The van der Waals surface area contributed by atoms with E-state index in [9.17, 15) is 4.79 Å². The Morgan fingerprint density at radius 3 is 2.76 bits per heavy atom. The summed E-state index contributed by atoms with van der Waals surface area (Å²) < 4.78 is 6.67. The highest BCUT2D eigenvalue weighted by Gasteiger charge is 2.17. The average Bonchev–Trinajstić information content (AvgIpc) is 2.76. The number of alkyl halides is 1. The normalized spacial score (nSPS) is 12.8. The molecule has 0 saturated heterocycles. The minimum Gasteiger partial charge on any atom is -0.408 e. The van der Waals surface area contributed by atoms with Crippen molar-refractivity contribution in [2.24, 2.45) is 7.05 Å². The number of hydrogen-bond acceptors (Lipinski definition) is 2. The summed E-state index contributed by atoms with van der Waals surface area (Å²) in [5.74, 6) is -0.380. The van der Waals surface area contributed by atoms with Gasteiger partial charge < -0.3 is 4.42 Å². The summed E-state index contributed by atoms with van der Waals surface area (Å²) in [6, 6.07) is 11.1. The zero-order chi connectivity index (χ0) is 15.1. The van der Waals surface area contributed by atoms with Gasteiger partial charge in [0, 0.05) is 7.05 Å². The number of rotatable bonds is 2. The smallest absolute Gasteiger partial charge is 0.408 e. The van der Waals surface area contributed by atoms with Gasteiger partial charge >= 0.3 is 5.76 Å². The van der Waals surface area contributed by atoms with Crippen molar-refractivity contribution in [3.63, 3.8) is 0 Å². The van der Waals surface area contributed by atoms with Gasteiger partial charge in [0.25, 0.3) is 0 Å². The van der Waals surface area contributed by atoms with Gasteiger partial charge in [0.1, 0.15) is 0 Å². The van der Waals surface area contributed by atoms with Gasteiger partial charge in [-0.15, -0.1) is 0 Å². The van der Waals surface area contributed by atoms with Crippen LogP contribution in [-0.2, 0) is 7.05 Å². The van der Waals surface area contributed by atoms with Crippen LogP contribution in [0.4, 0.5) is 0 Å². The van der Waals surface area contributed by atoms with Crippen LogP contribution in [0.3, 0.4) is 0 Å². The van der Waals surface area contributed by atoms with Gasteiger partial charge in [0.05, 0.1) is 20.4 Å². The second-order valence-corrected chi connectivity index (χ2v) is 6.36. The zero-order valence-corrected chi connectivity index (χ0v) is 14.0. The van der Waals surface area contributed by atoms with Crippen molar-refractivity contribution in [1.82, 2.24) is 4.57 Å². The van der Waals surface area contributed by atoms with Crippen LogP contribution >= 0.6 is 39.1 Å². The van der Waals surface area contributed by atoms with E-state index in [0.29, 0.717) is 15.6 Å². The Bertz CT molecular complexity index is 885. The summed E-state index contributed by atoms with van der Waals surface area (Å²) in [6.07, 6.45) is 0. The van der Waals surface area contributed by atoms with E-state index in [1.165, 1.54) is 4.57 Å². The highest BCUT2D eigenvalue weighted by atomic mass is 79.9. The Labute approximate surface area is 139 Å². The molecule has 0 bridgehead atoms. The molecule has 108 valence electrons. The van der Waals surface area contributed by atoms with E-state index in [1.807, 2.05) is 30.3 Å². The molecule has 0 N–H and O–H groups in total. The van der Waals surface area contributed by atoms with Crippen LogP contribution < -0.4 is 5.76 Å². The quantitative estimate of drug-likeness (QED) is 0.585. The van der Waals surface area contributed by atoms with Crippen LogP contribution in [0.2, 0.25) is 10.0 Å². The maximum Gasteiger partial charge on any atom is 0.419 e. The number of hydrogen-bond donors (Lipinski definition) is 0. The standard InChI is InChI=1S/C15H10BrCl2NO2/c1-19-11-6-5-8(7-12(11)21-15(19)20)13(16)9-3-2-4-10(17)14(9)18/h2-7,13H,1H3. The predicted octanol–water partition coefficient (Wildman–Crippen LogP) is 4.92. The molecule has 0 saturated carbocycles. The molecule has 0 spiro atoms. The third-order valence-corrected chi connectivity index (χ3v) is 5.22. The molecule has 6 heteroatoms. The van der Waals surface area contributed by atoms with E-state index >= 15 is 0 Å². The van der Waals surface area contributed by atoms with E-state index in [1.54, 1.807) is 13.1 Å². The van der Waals surface area contributed by atoms with Crippen LogP contribution in [0.1, 0.15) is 16.0 Å². The summed E-state index contributed by atoms with van der Waals surface area (Å²) in [5, 5.41) is 1.02. The molecule has 0 radical (unpaired) electrons. The minimum absolute atomic E-state index is 0.140. The molecule has 0 aliphatic heterocycles. The summed E-state index contributed by atoms with van der Waals surface area (Å²) >= 11 is 15.9. The summed E-state index contributed by atoms with van der Waals surface area (Å²) in [5.41, 5.74) is 3.09. The summed E-state index contributed by atoms with van der Waals surface area (Å²) in [4.78, 5) is 11.4. The van der Waals surface area contributed by atoms with E-state index in [0.717, 1.165) is 16.6 Å². The van der Waals surface area contributed by atoms with Gasteiger partial charge in [-0.05, 0) is 29.3 Å². The Morgan fingerprint density at radius 2 is 2.00 bits per heavy atom. The first-order chi connectivity index (χ1) is 9.99. The molecule has 3 aromatic rings. The second-order valence-electron chi connectivity index (χ2n) is 4.66. The van der Waals surface area contributed by atoms with Crippen LogP contribution in [-0.4, -0.2) is 4.57 Å². The number of aromatic nitrogens is 1. The molecular formula is C15H10BrCl2NO2. The number of oxazole rings is 1. The van der Waals surface area contributed by atoms with Crippen LogP contribution in [0.25, 0.3) is 11.1 Å². The average molecular weight is 387 g/mol. The van der Waals surface area contributed by atoms with Gasteiger partial charge in [-0.1, -0.05) is 57.3 Å². The lowest BCUT2D eigenvalue weighted by molar-refractivity contribution is 0.528. The third kappa shape index (κ3) is 2.52. The van der Waals surface area contributed by atoms with E-state index < -0.39 is 0 Å². The first-order valence-corrected chi connectivity index (χ1v) is 7.83. The van der Waals surface area contributed by atoms with Crippen molar-refractivity contribution in [3.8, 4) is 0 Å². The van der Waals surface area contributed by atoms with Crippen LogP contribution in [0.15, 0.2) is 45.6 Å². The number of fused-ring (bicyclic) bond motifs is 1. The Hall–Kier alpha value is -1.23. The molecular weight excluding hydrogens is 377 g/mol. The summed E-state index contributed by atoms with van der Waals surface area (Å²) in [7, 11) is 1.67. The van der Waals surface area contributed by atoms with Crippen LogP contribution in [0.5, 0.6) is 0 Å². The van der Waals surface area contributed by atoms with E-state index in [-0.39, 0.29) is 10.6 Å². The molecule has 2 aromatic carbocycles. The first-order valence-electron chi connectivity index (χ1n) is 6.16. The van der Waals surface area contributed by atoms with Crippen molar-refractivity contribution >= 4 is 50.2 Å². The summed E-state index contributed by atoms with van der Waals surface area (Å²) in [6.45, 7) is 0. The molecule has 1 atom stereocenters. The van der Waals surface area contributed by atoms with Gasteiger partial charge in [-0.25, -0.2) is 4.79 Å². The number of halogens is 3. The Morgan fingerprint density at radius 1 is 1.24 bits per heavy atom. The zero-order valence-electron chi connectivity index (χ0n) is 10.9. The van der Waals surface area contributed by atoms with E-state index in [2.05, 4.69) is 15.9 Å². The molecule has 0 aliphatic rings. The van der Waals surface area contributed by atoms with Crippen molar-refractivity contribution in [1.29, 1.82) is 0 Å². The fourth-order valence-electron chi connectivity index (χ4n) is 2.20. The topological polar surface area (TPSA) is 35.1 Å². The van der Waals surface area contributed by atoms with Crippen molar-refractivity contribution in [2.45, 2.75) is 4.83 Å². The van der Waals surface area contributed by atoms with Crippen molar-refractivity contribution in [2.75, 3.05) is 0 Å². The fourth-order valence-corrected chi connectivity index (χ4v) is 3.42. The Kier molecular flexibility index (Phi) is 3.86. The highest BCUT2D eigenvalue weighted by Crippen LogP contribution is 2.38. The highest BCUT2D eigenvalue weighted by molar-refractivity contribution is 9.09. The van der Waals surface area contributed by atoms with Crippen molar-refractivity contribution < 1.29 is 4.42 Å². The molecule has 3 nitrogen and oxygen atoms in total. The number of nitrogens with zero attached hydrogens (tertiary/aromatic N) is 1. The van der Waals surface area contributed by atoms with E-state index in [4.69, 9.17) is 27.6 Å².